The Labute approximate surface area is 113 Å². The van der Waals surface area contributed by atoms with Gasteiger partial charge in [0.2, 0.25) is 0 Å². The molecule has 0 aromatic rings. The number of alkyl halides is 1. The molecule has 0 radical (unpaired) electrons. The summed E-state index contributed by atoms with van der Waals surface area (Å²) in [6.07, 6.45) is -2.76. The Hall–Kier alpha value is -1.55. The number of hydrogen-bond acceptors (Lipinski definition) is 7. The molecule has 1 fully saturated rings. The molecule has 0 aliphatic carbocycles. The fraction of sp³-hybridized carbons (Fsp3) is 0.545. The lowest BCUT2D eigenvalue weighted by molar-refractivity contribution is -0.209. The average Bonchev–Trinajstić information content (AvgIpc) is 2.56. The topological polar surface area (TPSA) is 112 Å². The summed E-state index contributed by atoms with van der Waals surface area (Å²) in [6, 6.07) is 0. The maximum absolute atomic E-state index is 14.1. The van der Waals surface area contributed by atoms with Crippen LogP contribution < -0.4 is 5.73 Å². The average molecular weight is 291 g/mol. The number of aliphatic imine (C=N–C) groups is 1. The summed E-state index contributed by atoms with van der Waals surface area (Å²) in [5.41, 5.74) is 3.12. The lowest BCUT2D eigenvalue weighted by Gasteiger charge is -2.35. The Morgan fingerprint density at radius 2 is 2.25 bits per heavy atom. The van der Waals surface area contributed by atoms with E-state index < -0.39 is 42.1 Å². The van der Waals surface area contributed by atoms with Gasteiger partial charge in [0.15, 0.2) is 17.9 Å². The lowest BCUT2D eigenvalue weighted by atomic mass is 9.95. The van der Waals surface area contributed by atoms with Crippen molar-refractivity contribution in [2.45, 2.75) is 30.7 Å². The highest BCUT2D eigenvalue weighted by Gasteiger charge is 2.63. The molecule has 0 saturated carbocycles. The largest absolute Gasteiger partial charge is 0.390 e. The highest BCUT2D eigenvalue weighted by atomic mass is 19.2. The van der Waals surface area contributed by atoms with E-state index in [9.17, 15) is 19.0 Å². The van der Waals surface area contributed by atoms with Crippen LogP contribution in [0.2, 0.25) is 0 Å². The standard InChI is InChI=1S/C11H15F2N3O4/c1-5-15-7(14)6(12)3-16(5)9-10(2,19)8(18)11(13,4-17)20-9/h3,8-9,17-19H,1,4H2,2H3,(H2,14,15)/t8-,9-,10?,11-/m1/s1. The molecule has 2 aliphatic heterocycles. The van der Waals surface area contributed by atoms with E-state index in [1.165, 1.54) is 0 Å². The Bertz CT molecular complexity index is 508. The van der Waals surface area contributed by atoms with E-state index >= 15 is 0 Å². The van der Waals surface area contributed by atoms with Crippen LogP contribution in [0.15, 0.2) is 29.4 Å². The molecule has 4 atom stereocenters. The number of halogens is 2. The van der Waals surface area contributed by atoms with Crippen LogP contribution in [0.5, 0.6) is 0 Å². The molecule has 0 aromatic carbocycles. The van der Waals surface area contributed by atoms with Gasteiger partial charge < -0.3 is 30.7 Å². The fourth-order valence-corrected chi connectivity index (χ4v) is 2.12. The SMILES string of the molecule is C=C1N=C(N)C(F)=CN1[C@@H]1O[C@](F)(CO)[C@H](O)C1(C)O. The Balaban J connectivity index is 2.37. The van der Waals surface area contributed by atoms with Gasteiger partial charge >= 0.3 is 0 Å². The molecule has 9 heteroatoms. The summed E-state index contributed by atoms with van der Waals surface area (Å²) in [6.45, 7) is 3.38. The van der Waals surface area contributed by atoms with Crippen molar-refractivity contribution >= 4 is 5.84 Å². The van der Waals surface area contributed by atoms with Gasteiger partial charge in [0.25, 0.3) is 5.85 Å². The first kappa shape index (κ1) is 14.9. The number of amidine groups is 1. The molecule has 112 valence electrons. The maximum Gasteiger partial charge on any atom is 0.263 e. The first-order valence-corrected chi connectivity index (χ1v) is 5.70. The van der Waals surface area contributed by atoms with Gasteiger partial charge in [-0.25, -0.2) is 13.8 Å². The second-order valence-corrected chi connectivity index (χ2v) is 4.84. The van der Waals surface area contributed by atoms with Crippen molar-refractivity contribution in [1.29, 1.82) is 0 Å². The summed E-state index contributed by atoms with van der Waals surface area (Å²) >= 11 is 0. The molecule has 0 amide bonds. The van der Waals surface area contributed by atoms with Crippen molar-refractivity contribution in [3.63, 3.8) is 0 Å². The van der Waals surface area contributed by atoms with E-state index in [0.717, 1.165) is 18.0 Å². The predicted octanol–water partition coefficient (Wildman–Crippen LogP) is -0.932. The van der Waals surface area contributed by atoms with Crippen LogP contribution in [-0.4, -0.2) is 56.4 Å². The van der Waals surface area contributed by atoms with Crippen LogP contribution in [0.1, 0.15) is 6.92 Å². The van der Waals surface area contributed by atoms with Crippen molar-refractivity contribution in [3.05, 3.63) is 24.4 Å². The summed E-state index contributed by atoms with van der Waals surface area (Å²) < 4.78 is 32.4. The second-order valence-electron chi connectivity index (χ2n) is 4.84. The normalized spacial score (nSPS) is 41.7. The van der Waals surface area contributed by atoms with Crippen LogP contribution in [-0.2, 0) is 4.74 Å². The zero-order valence-electron chi connectivity index (χ0n) is 10.6. The molecule has 0 spiro atoms. The van der Waals surface area contributed by atoms with Gasteiger partial charge in [-0.05, 0) is 6.92 Å². The van der Waals surface area contributed by atoms with E-state index in [-0.39, 0.29) is 5.82 Å². The molecule has 2 rings (SSSR count). The van der Waals surface area contributed by atoms with Gasteiger partial charge in [0, 0.05) is 6.20 Å². The molecule has 2 aliphatic rings. The van der Waals surface area contributed by atoms with Crippen molar-refractivity contribution in [2.24, 2.45) is 10.7 Å². The number of hydrogen-bond donors (Lipinski definition) is 4. The van der Waals surface area contributed by atoms with Crippen molar-refractivity contribution in [3.8, 4) is 0 Å². The van der Waals surface area contributed by atoms with E-state index in [1.807, 2.05) is 0 Å². The molecule has 1 saturated heterocycles. The zero-order chi connectivity index (χ0) is 15.3. The Morgan fingerprint density at radius 1 is 1.65 bits per heavy atom. The molecule has 20 heavy (non-hydrogen) atoms. The molecule has 0 aromatic heterocycles. The molecular weight excluding hydrogens is 276 g/mol. The quantitative estimate of drug-likeness (QED) is 0.523. The molecular formula is C11H15F2N3O4. The van der Waals surface area contributed by atoms with Crippen molar-refractivity contribution in [1.82, 2.24) is 4.90 Å². The van der Waals surface area contributed by atoms with Crippen LogP contribution in [0.4, 0.5) is 8.78 Å². The third-order valence-electron chi connectivity index (χ3n) is 3.28. The molecule has 5 N–H and O–H groups in total. The molecule has 0 bridgehead atoms. The minimum absolute atomic E-state index is 0.108. The van der Waals surface area contributed by atoms with Crippen LogP contribution >= 0.6 is 0 Å². The fourth-order valence-electron chi connectivity index (χ4n) is 2.12. The van der Waals surface area contributed by atoms with E-state index in [4.69, 9.17) is 15.6 Å². The van der Waals surface area contributed by atoms with E-state index in [1.54, 1.807) is 0 Å². The Morgan fingerprint density at radius 3 is 2.75 bits per heavy atom. The Kier molecular flexibility index (Phi) is 3.33. The third kappa shape index (κ3) is 1.99. The van der Waals surface area contributed by atoms with Crippen molar-refractivity contribution in [2.75, 3.05) is 6.61 Å². The van der Waals surface area contributed by atoms with Gasteiger partial charge in [-0.2, -0.15) is 0 Å². The first-order chi connectivity index (χ1) is 9.13. The van der Waals surface area contributed by atoms with Crippen molar-refractivity contribution < 1.29 is 28.8 Å². The summed E-state index contributed by atoms with van der Waals surface area (Å²) in [5, 5.41) is 28.9. The predicted molar refractivity (Wildman–Crippen MR) is 64.2 cm³/mol. The number of aliphatic hydroxyl groups is 3. The smallest absolute Gasteiger partial charge is 0.263 e. The van der Waals surface area contributed by atoms with E-state index in [2.05, 4.69) is 11.6 Å². The summed E-state index contributed by atoms with van der Waals surface area (Å²) in [5.74, 6) is -4.33. The lowest BCUT2D eigenvalue weighted by Crippen LogP contribution is -2.53. The molecule has 7 nitrogen and oxygen atoms in total. The highest BCUT2D eigenvalue weighted by molar-refractivity contribution is 5.96. The van der Waals surface area contributed by atoms with Gasteiger partial charge in [0.1, 0.15) is 24.1 Å². The number of ether oxygens (including phenoxy) is 1. The molecule has 2 heterocycles. The van der Waals surface area contributed by atoms with Crippen LogP contribution in [0.3, 0.4) is 0 Å². The first-order valence-electron chi connectivity index (χ1n) is 5.70. The molecule has 1 unspecified atom stereocenters. The van der Waals surface area contributed by atoms with Gasteiger partial charge in [-0.1, -0.05) is 6.58 Å². The summed E-state index contributed by atoms with van der Waals surface area (Å²) in [4.78, 5) is 4.47. The number of aliphatic hydroxyl groups excluding tert-OH is 2. The highest BCUT2D eigenvalue weighted by Crippen LogP contribution is 2.42. The van der Waals surface area contributed by atoms with Crippen LogP contribution in [0.25, 0.3) is 0 Å². The number of rotatable bonds is 2. The number of nitrogens with zero attached hydrogens (tertiary/aromatic N) is 2. The minimum atomic E-state index is -2.88. The van der Waals surface area contributed by atoms with Gasteiger partial charge in [0.05, 0.1) is 0 Å². The maximum atomic E-state index is 14.1. The zero-order valence-corrected chi connectivity index (χ0v) is 10.6. The minimum Gasteiger partial charge on any atom is -0.390 e. The van der Waals surface area contributed by atoms with E-state index in [0.29, 0.717) is 0 Å². The van der Waals surface area contributed by atoms with Gasteiger partial charge in [-0.15, -0.1) is 0 Å². The summed E-state index contributed by atoms with van der Waals surface area (Å²) in [7, 11) is 0. The second kappa shape index (κ2) is 4.48. The number of nitrogens with two attached hydrogens (primary N) is 1. The van der Waals surface area contributed by atoms with Crippen LogP contribution in [0, 0.1) is 0 Å². The third-order valence-corrected chi connectivity index (χ3v) is 3.28. The van der Waals surface area contributed by atoms with Gasteiger partial charge in [-0.3, -0.25) is 0 Å². The monoisotopic (exact) mass is 291 g/mol.